The highest BCUT2D eigenvalue weighted by Crippen LogP contribution is 2.43. The van der Waals surface area contributed by atoms with Gasteiger partial charge in [0, 0.05) is 6.04 Å². The predicted octanol–water partition coefficient (Wildman–Crippen LogP) is 3.12. The Morgan fingerprint density at radius 3 is 2.00 bits per heavy atom. The third kappa shape index (κ3) is 2.07. The minimum Gasteiger partial charge on any atom is -0.395 e. The van der Waals surface area contributed by atoms with E-state index in [0.29, 0.717) is 0 Å². The fourth-order valence-electron chi connectivity index (χ4n) is 2.87. The van der Waals surface area contributed by atoms with Crippen molar-refractivity contribution in [2.45, 2.75) is 25.4 Å². The van der Waals surface area contributed by atoms with Crippen LogP contribution in [0.4, 0.5) is 0 Å². The molecule has 19 heavy (non-hydrogen) atoms. The maximum Gasteiger partial charge on any atom is 0.0591 e. The van der Waals surface area contributed by atoms with Crippen molar-refractivity contribution in [3.05, 3.63) is 59.7 Å². The van der Waals surface area contributed by atoms with Crippen molar-refractivity contribution < 1.29 is 5.11 Å². The molecule has 0 saturated carbocycles. The maximum atomic E-state index is 9.42. The fraction of sp³-hybridized carbons (Fsp3) is 0.294. The third-order valence-electron chi connectivity index (χ3n) is 3.95. The van der Waals surface area contributed by atoms with Crippen LogP contribution in [0.2, 0.25) is 0 Å². The Hall–Kier alpha value is -1.64. The number of nitrogens with one attached hydrogen (secondary N) is 1. The molecule has 0 saturated heterocycles. The highest BCUT2D eigenvalue weighted by Gasteiger charge is 2.28. The van der Waals surface area contributed by atoms with Gasteiger partial charge >= 0.3 is 0 Å². The lowest BCUT2D eigenvalue weighted by molar-refractivity contribution is 0.233. The predicted molar refractivity (Wildman–Crippen MR) is 78.0 cm³/mol. The summed E-state index contributed by atoms with van der Waals surface area (Å²) in [5, 5.41) is 13.0. The Bertz CT molecular complexity index is 529. The second-order valence-corrected chi connectivity index (χ2v) is 5.06. The number of rotatable bonds is 4. The summed E-state index contributed by atoms with van der Waals surface area (Å²) in [6.07, 6.45) is 0.928. The first kappa shape index (κ1) is 12.4. The smallest absolute Gasteiger partial charge is 0.0591 e. The van der Waals surface area contributed by atoms with E-state index >= 15 is 0 Å². The van der Waals surface area contributed by atoms with Gasteiger partial charge in [-0.2, -0.15) is 0 Å². The molecule has 0 aliphatic heterocycles. The molecule has 2 N–H and O–H groups in total. The fourth-order valence-corrected chi connectivity index (χ4v) is 2.87. The first-order valence-electron chi connectivity index (χ1n) is 6.90. The molecule has 0 amide bonds. The van der Waals surface area contributed by atoms with Gasteiger partial charge in [-0.1, -0.05) is 55.5 Å². The molecule has 2 nitrogen and oxygen atoms in total. The van der Waals surface area contributed by atoms with Crippen LogP contribution in [0.25, 0.3) is 11.1 Å². The zero-order valence-corrected chi connectivity index (χ0v) is 11.1. The van der Waals surface area contributed by atoms with Gasteiger partial charge in [0.1, 0.15) is 0 Å². The highest BCUT2D eigenvalue weighted by molar-refractivity contribution is 5.78. The van der Waals surface area contributed by atoms with Crippen LogP contribution in [0.15, 0.2) is 48.5 Å². The average molecular weight is 253 g/mol. The SMILES string of the molecule is CC[C@H](CO)NC1c2ccccc2-c2ccccc21. The molecule has 0 radical (unpaired) electrons. The number of benzene rings is 2. The van der Waals surface area contributed by atoms with E-state index in [4.69, 9.17) is 0 Å². The molecule has 0 spiro atoms. The van der Waals surface area contributed by atoms with Gasteiger partial charge in [0.25, 0.3) is 0 Å². The van der Waals surface area contributed by atoms with E-state index in [0.717, 1.165) is 6.42 Å². The van der Waals surface area contributed by atoms with E-state index in [1.54, 1.807) is 0 Å². The normalized spacial score (nSPS) is 15.1. The topological polar surface area (TPSA) is 32.3 Å². The second kappa shape index (κ2) is 5.16. The van der Waals surface area contributed by atoms with Gasteiger partial charge in [0.2, 0.25) is 0 Å². The van der Waals surface area contributed by atoms with Gasteiger partial charge in [-0.05, 0) is 28.7 Å². The highest BCUT2D eigenvalue weighted by atomic mass is 16.3. The molecular formula is C17H19NO. The van der Waals surface area contributed by atoms with E-state index in [2.05, 4.69) is 60.8 Å². The van der Waals surface area contributed by atoms with Crippen molar-refractivity contribution in [1.29, 1.82) is 0 Å². The third-order valence-corrected chi connectivity index (χ3v) is 3.95. The van der Waals surface area contributed by atoms with Crippen LogP contribution in [0.5, 0.6) is 0 Å². The summed E-state index contributed by atoms with van der Waals surface area (Å²) >= 11 is 0. The van der Waals surface area contributed by atoms with Crippen molar-refractivity contribution in [2.75, 3.05) is 6.61 Å². The van der Waals surface area contributed by atoms with Gasteiger partial charge in [-0.15, -0.1) is 0 Å². The molecule has 0 heterocycles. The van der Waals surface area contributed by atoms with Crippen molar-refractivity contribution in [2.24, 2.45) is 0 Å². The van der Waals surface area contributed by atoms with Crippen molar-refractivity contribution in [1.82, 2.24) is 5.32 Å². The van der Waals surface area contributed by atoms with Gasteiger partial charge in [-0.3, -0.25) is 0 Å². The molecule has 0 bridgehead atoms. The second-order valence-electron chi connectivity index (χ2n) is 5.06. The molecule has 2 aromatic carbocycles. The molecule has 1 aliphatic rings. The summed E-state index contributed by atoms with van der Waals surface area (Å²) in [5.41, 5.74) is 5.25. The molecule has 0 aromatic heterocycles. The average Bonchev–Trinajstić information content (AvgIpc) is 2.79. The van der Waals surface area contributed by atoms with E-state index in [9.17, 15) is 5.11 Å². The molecule has 2 heteroatoms. The summed E-state index contributed by atoms with van der Waals surface area (Å²) in [5.74, 6) is 0. The monoisotopic (exact) mass is 253 g/mol. The number of hydrogen-bond donors (Lipinski definition) is 2. The van der Waals surface area contributed by atoms with Crippen LogP contribution in [0.1, 0.15) is 30.5 Å². The molecule has 0 unspecified atom stereocenters. The summed E-state index contributed by atoms with van der Waals surface area (Å²) in [6.45, 7) is 2.28. The Kier molecular flexibility index (Phi) is 3.36. The minimum absolute atomic E-state index is 0.143. The van der Waals surface area contributed by atoms with Gasteiger partial charge < -0.3 is 10.4 Å². The molecule has 1 atom stereocenters. The molecule has 1 aliphatic carbocycles. The van der Waals surface area contributed by atoms with Crippen LogP contribution in [0, 0.1) is 0 Å². The van der Waals surface area contributed by atoms with E-state index < -0.39 is 0 Å². The zero-order chi connectivity index (χ0) is 13.2. The van der Waals surface area contributed by atoms with Crippen molar-refractivity contribution in [3.63, 3.8) is 0 Å². The van der Waals surface area contributed by atoms with Gasteiger partial charge in [-0.25, -0.2) is 0 Å². The summed E-state index contributed by atoms with van der Waals surface area (Å²) in [4.78, 5) is 0. The molecule has 98 valence electrons. The van der Waals surface area contributed by atoms with Crippen LogP contribution in [-0.2, 0) is 0 Å². The Morgan fingerprint density at radius 2 is 1.53 bits per heavy atom. The number of fused-ring (bicyclic) bond motifs is 3. The first-order chi connectivity index (χ1) is 9.35. The van der Waals surface area contributed by atoms with Gasteiger partial charge in [0.05, 0.1) is 12.6 Å². The van der Waals surface area contributed by atoms with Crippen LogP contribution < -0.4 is 5.32 Å². The summed E-state index contributed by atoms with van der Waals surface area (Å²) in [6, 6.07) is 17.4. The van der Waals surface area contributed by atoms with Crippen molar-refractivity contribution in [3.8, 4) is 11.1 Å². The van der Waals surface area contributed by atoms with E-state index in [1.165, 1.54) is 22.3 Å². The lowest BCUT2D eigenvalue weighted by Crippen LogP contribution is -2.34. The Morgan fingerprint density at radius 1 is 1.00 bits per heavy atom. The van der Waals surface area contributed by atoms with Crippen LogP contribution in [0.3, 0.4) is 0 Å². The van der Waals surface area contributed by atoms with Crippen molar-refractivity contribution >= 4 is 0 Å². The lowest BCUT2D eigenvalue weighted by atomic mass is 10.0. The van der Waals surface area contributed by atoms with E-state index in [1.807, 2.05) is 0 Å². The van der Waals surface area contributed by atoms with E-state index in [-0.39, 0.29) is 18.7 Å². The quantitative estimate of drug-likeness (QED) is 0.877. The molecule has 3 rings (SSSR count). The molecular weight excluding hydrogens is 234 g/mol. The minimum atomic E-state index is 0.143. The molecule has 2 aromatic rings. The maximum absolute atomic E-state index is 9.42. The number of hydrogen-bond acceptors (Lipinski definition) is 2. The number of aliphatic hydroxyl groups is 1. The zero-order valence-electron chi connectivity index (χ0n) is 11.1. The Labute approximate surface area is 114 Å². The standard InChI is InChI=1S/C17H19NO/c1-2-12(11-19)18-17-15-9-5-3-7-13(15)14-8-4-6-10-16(14)17/h3-10,12,17-19H,2,11H2,1H3/t12-/m1/s1. The molecule has 0 fully saturated rings. The lowest BCUT2D eigenvalue weighted by Gasteiger charge is -2.22. The summed E-state index contributed by atoms with van der Waals surface area (Å²) in [7, 11) is 0. The Balaban J connectivity index is 2.04. The first-order valence-corrected chi connectivity index (χ1v) is 6.90. The largest absolute Gasteiger partial charge is 0.395 e. The number of aliphatic hydroxyl groups excluding tert-OH is 1. The van der Waals surface area contributed by atoms with Crippen LogP contribution in [-0.4, -0.2) is 17.8 Å². The summed E-state index contributed by atoms with van der Waals surface area (Å²) < 4.78 is 0. The van der Waals surface area contributed by atoms with Gasteiger partial charge in [0.15, 0.2) is 0 Å². The van der Waals surface area contributed by atoms with Crippen LogP contribution >= 0.6 is 0 Å².